The van der Waals surface area contributed by atoms with E-state index in [1.807, 2.05) is 19.9 Å². The van der Waals surface area contributed by atoms with Crippen molar-refractivity contribution in [2.75, 3.05) is 0 Å². The van der Waals surface area contributed by atoms with Crippen LogP contribution in [-0.4, -0.2) is 11.6 Å². The summed E-state index contributed by atoms with van der Waals surface area (Å²) in [5.41, 5.74) is 0.814. The third kappa shape index (κ3) is 2.47. The van der Waals surface area contributed by atoms with Gasteiger partial charge in [-0.1, -0.05) is 25.2 Å². The Balaban J connectivity index is 2.82. The van der Waals surface area contributed by atoms with E-state index >= 15 is 0 Å². The molecule has 1 aliphatic carbocycles. The molecule has 1 aliphatic rings. The molecule has 0 saturated carbocycles. The molecule has 0 aliphatic heterocycles. The molecule has 0 bridgehead atoms. The van der Waals surface area contributed by atoms with E-state index in [0.29, 0.717) is 0 Å². The van der Waals surface area contributed by atoms with Crippen LogP contribution in [0.1, 0.15) is 40.0 Å². The van der Waals surface area contributed by atoms with Crippen LogP contribution in [0.4, 0.5) is 0 Å². The summed E-state index contributed by atoms with van der Waals surface area (Å²) in [5, 5.41) is 0. The SMILES string of the molecule is CCC(C)(OC(C)=O)C1=CC=CCC1. The smallest absolute Gasteiger partial charge is 0.303 e. The molecule has 0 aromatic heterocycles. The lowest BCUT2D eigenvalue weighted by atomic mass is 9.87. The lowest BCUT2D eigenvalue weighted by Gasteiger charge is -2.31. The van der Waals surface area contributed by atoms with Crippen molar-refractivity contribution in [1.29, 1.82) is 0 Å². The summed E-state index contributed by atoms with van der Waals surface area (Å²) in [5.74, 6) is -0.204. The third-order valence-electron chi connectivity index (χ3n) is 2.74. The van der Waals surface area contributed by atoms with E-state index < -0.39 is 5.60 Å². The molecule has 0 aromatic carbocycles. The minimum absolute atomic E-state index is 0.204. The molecule has 1 unspecified atom stereocenters. The molecule has 0 amide bonds. The lowest BCUT2D eigenvalue weighted by Crippen LogP contribution is -2.32. The van der Waals surface area contributed by atoms with Crippen LogP contribution in [0.25, 0.3) is 0 Å². The van der Waals surface area contributed by atoms with Crippen LogP contribution >= 0.6 is 0 Å². The number of carbonyl (C=O) groups excluding carboxylic acids is 1. The predicted octanol–water partition coefficient (Wildman–Crippen LogP) is 2.99. The summed E-state index contributed by atoms with van der Waals surface area (Å²) < 4.78 is 5.39. The van der Waals surface area contributed by atoms with Gasteiger partial charge in [-0.3, -0.25) is 4.79 Å². The fourth-order valence-electron chi connectivity index (χ4n) is 1.73. The van der Waals surface area contributed by atoms with Gasteiger partial charge in [0, 0.05) is 6.92 Å². The van der Waals surface area contributed by atoms with Gasteiger partial charge in [0.25, 0.3) is 0 Å². The number of rotatable bonds is 3. The summed E-state index contributed by atoms with van der Waals surface area (Å²) in [4.78, 5) is 11.0. The molecule has 0 aromatic rings. The van der Waals surface area contributed by atoms with Gasteiger partial charge in [-0.15, -0.1) is 0 Å². The Morgan fingerprint density at radius 2 is 2.36 bits per heavy atom. The molecule has 0 N–H and O–H groups in total. The zero-order chi connectivity index (χ0) is 10.6. The van der Waals surface area contributed by atoms with Crippen molar-refractivity contribution in [2.45, 2.75) is 45.6 Å². The Hall–Kier alpha value is -1.05. The summed E-state index contributed by atoms with van der Waals surface area (Å²) in [6.45, 7) is 5.49. The van der Waals surface area contributed by atoms with E-state index in [-0.39, 0.29) is 5.97 Å². The topological polar surface area (TPSA) is 26.3 Å². The van der Waals surface area contributed by atoms with Crippen LogP contribution in [0.5, 0.6) is 0 Å². The van der Waals surface area contributed by atoms with E-state index in [0.717, 1.165) is 19.3 Å². The first-order valence-corrected chi connectivity index (χ1v) is 5.14. The van der Waals surface area contributed by atoms with Gasteiger partial charge in [0.2, 0.25) is 0 Å². The number of allylic oxidation sites excluding steroid dienone is 3. The van der Waals surface area contributed by atoms with E-state index in [1.54, 1.807) is 0 Å². The van der Waals surface area contributed by atoms with Gasteiger partial charge in [-0.2, -0.15) is 0 Å². The fourth-order valence-corrected chi connectivity index (χ4v) is 1.73. The zero-order valence-corrected chi connectivity index (χ0v) is 9.17. The lowest BCUT2D eigenvalue weighted by molar-refractivity contribution is -0.152. The van der Waals surface area contributed by atoms with Gasteiger partial charge >= 0.3 is 5.97 Å². The van der Waals surface area contributed by atoms with Crippen LogP contribution in [-0.2, 0) is 9.53 Å². The van der Waals surface area contributed by atoms with Gasteiger partial charge in [0.05, 0.1) is 0 Å². The first-order valence-electron chi connectivity index (χ1n) is 5.14. The molecular weight excluding hydrogens is 176 g/mol. The summed E-state index contributed by atoms with van der Waals surface area (Å²) >= 11 is 0. The van der Waals surface area contributed by atoms with Crippen LogP contribution in [0, 0.1) is 0 Å². The number of ether oxygens (including phenoxy) is 1. The highest BCUT2D eigenvalue weighted by atomic mass is 16.6. The average molecular weight is 194 g/mol. The van der Waals surface area contributed by atoms with Gasteiger partial charge in [0.15, 0.2) is 0 Å². The molecule has 0 saturated heterocycles. The van der Waals surface area contributed by atoms with Gasteiger partial charge < -0.3 is 4.74 Å². The Kier molecular flexibility index (Phi) is 3.50. The van der Waals surface area contributed by atoms with Crippen LogP contribution < -0.4 is 0 Å². The highest BCUT2D eigenvalue weighted by Gasteiger charge is 2.29. The van der Waals surface area contributed by atoms with Crippen LogP contribution in [0.2, 0.25) is 0 Å². The highest BCUT2D eigenvalue weighted by Crippen LogP contribution is 2.30. The summed E-state index contributed by atoms with van der Waals surface area (Å²) in [6, 6.07) is 0. The summed E-state index contributed by atoms with van der Waals surface area (Å²) in [7, 11) is 0. The van der Waals surface area contributed by atoms with Crippen LogP contribution in [0.3, 0.4) is 0 Å². The molecule has 14 heavy (non-hydrogen) atoms. The highest BCUT2D eigenvalue weighted by molar-refractivity contribution is 5.67. The van der Waals surface area contributed by atoms with E-state index in [1.165, 1.54) is 12.5 Å². The maximum Gasteiger partial charge on any atom is 0.303 e. The Morgan fingerprint density at radius 3 is 2.79 bits per heavy atom. The molecule has 0 fully saturated rings. The van der Waals surface area contributed by atoms with Gasteiger partial charge in [-0.05, 0) is 31.8 Å². The predicted molar refractivity (Wildman–Crippen MR) is 56.9 cm³/mol. The number of esters is 1. The van der Waals surface area contributed by atoms with Gasteiger partial charge in [0.1, 0.15) is 5.60 Å². The van der Waals surface area contributed by atoms with E-state index in [2.05, 4.69) is 12.2 Å². The number of hydrogen-bond donors (Lipinski definition) is 0. The molecule has 0 heterocycles. The Morgan fingerprint density at radius 1 is 1.64 bits per heavy atom. The van der Waals surface area contributed by atoms with E-state index in [4.69, 9.17) is 4.74 Å². The van der Waals surface area contributed by atoms with Crippen molar-refractivity contribution >= 4 is 5.97 Å². The second-order valence-corrected chi connectivity index (χ2v) is 3.84. The van der Waals surface area contributed by atoms with Crippen molar-refractivity contribution in [3.63, 3.8) is 0 Å². The molecule has 78 valence electrons. The van der Waals surface area contributed by atoms with Crippen molar-refractivity contribution in [2.24, 2.45) is 0 Å². The van der Waals surface area contributed by atoms with Crippen molar-refractivity contribution in [1.82, 2.24) is 0 Å². The van der Waals surface area contributed by atoms with E-state index in [9.17, 15) is 4.79 Å². The monoisotopic (exact) mass is 194 g/mol. The molecule has 1 rings (SSSR count). The molecule has 1 atom stereocenters. The quantitative estimate of drug-likeness (QED) is 0.645. The van der Waals surface area contributed by atoms with Crippen molar-refractivity contribution < 1.29 is 9.53 Å². The maximum atomic E-state index is 11.0. The molecule has 0 radical (unpaired) electrons. The summed E-state index contributed by atoms with van der Waals surface area (Å²) in [6.07, 6.45) is 9.10. The standard InChI is InChI=1S/C12H18O2/c1-4-12(3,14-10(2)13)11-8-6-5-7-9-11/h5-6,8H,4,7,9H2,1-3H3. The van der Waals surface area contributed by atoms with Gasteiger partial charge in [-0.25, -0.2) is 0 Å². The third-order valence-corrected chi connectivity index (χ3v) is 2.74. The minimum atomic E-state index is -0.406. The average Bonchev–Trinajstić information content (AvgIpc) is 2.18. The van der Waals surface area contributed by atoms with Crippen molar-refractivity contribution in [3.8, 4) is 0 Å². The number of carbonyl (C=O) groups is 1. The first-order chi connectivity index (χ1) is 6.58. The fraction of sp³-hybridized carbons (Fsp3) is 0.583. The Bertz CT molecular complexity index is 276. The van der Waals surface area contributed by atoms with Crippen LogP contribution in [0.15, 0.2) is 23.8 Å². The largest absolute Gasteiger partial charge is 0.455 e. The zero-order valence-electron chi connectivity index (χ0n) is 9.17. The molecular formula is C12H18O2. The number of hydrogen-bond acceptors (Lipinski definition) is 2. The molecule has 2 nitrogen and oxygen atoms in total. The minimum Gasteiger partial charge on any atom is -0.455 e. The second kappa shape index (κ2) is 4.45. The normalized spacial score (nSPS) is 19.8. The molecule has 0 spiro atoms. The van der Waals surface area contributed by atoms with Crippen molar-refractivity contribution in [3.05, 3.63) is 23.8 Å². The first kappa shape index (κ1) is 11.0. The molecule has 2 heteroatoms. The maximum absolute atomic E-state index is 11.0. The second-order valence-electron chi connectivity index (χ2n) is 3.84. The Labute approximate surface area is 85.6 Å².